The molecule has 0 amide bonds. The van der Waals surface area contributed by atoms with Gasteiger partial charge in [-0.25, -0.2) is 0 Å². The highest BCUT2D eigenvalue weighted by Gasteiger charge is 1.56. The fraction of sp³-hybridized carbons (Fsp3) is 0.833. The minimum Gasteiger partial charge on any atom is -0.394 e. The van der Waals surface area contributed by atoms with Crippen molar-refractivity contribution in [3.05, 3.63) is 11.6 Å². The summed E-state index contributed by atoms with van der Waals surface area (Å²) in [4.78, 5) is 0. The maximum absolute atomic E-state index is 2.87. The molecule has 0 bridgehead atoms. The summed E-state index contributed by atoms with van der Waals surface area (Å²) < 4.78 is 0. The van der Waals surface area contributed by atoms with Gasteiger partial charge >= 0.3 is 0 Å². The summed E-state index contributed by atoms with van der Waals surface area (Å²) in [6.07, 6.45) is 16.2. The molecule has 0 unspecified atom stereocenters. The molecule has 0 atom stereocenters. The van der Waals surface area contributed by atoms with Crippen LogP contribution in [0.25, 0.3) is 0 Å². The Kier molecular flexibility index (Phi) is 123. The Labute approximate surface area is 128 Å². The fourth-order valence-electron chi connectivity index (χ4n) is 0.136. The lowest BCUT2D eigenvalue weighted by atomic mass is 11.0. The molecule has 0 fully saturated rings. The number of hydrogen-bond donors (Lipinski definition) is 1. The first-order valence-electron chi connectivity index (χ1n) is 5.22. The van der Waals surface area contributed by atoms with E-state index in [1.54, 1.807) is 47.0 Å². The molecule has 1 nitrogen and oxygen atoms in total. The third kappa shape index (κ3) is 244. The average molecular weight is 320 g/mol. The highest BCUT2D eigenvalue weighted by molar-refractivity contribution is 8.01. The van der Waals surface area contributed by atoms with Crippen molar-refractivity contribution in [1.29, 1.82) is 0 Å². The summed E-state index contributed by atoms with van der Waals surface area (Å²) in [5, 5.41) is 4.85. The van der Waals surface area contributed by atoms with Gasteiger partial charge in [0.25, 0.3) is 0 Å². The number of hydrogen-bond acceptors (Lipinski definition) is 5. The maximum Gasteiger partial charge on any atom is 0.00278 e. The Morgan fingerprint density at radius 3 is 1.00 bits per heavy atom. The van der Waals surface area contributed by atoms with E-state index in [0.29, 0.717) is 0 Å². The molecule has 0 aliphatic carbocycles. The van der Waals surface area contributed by atoms with Crippen molar-refractivity contribution in [1.82, 2.24) is 5.32 Å². The maximum atomic E-state index is 2.87. The molecule has 0 aromatic rings. The van der Waals surface area contributed by atoms with Gasteiger partial charge in [0.1, 0.15) is 0 Å². The molecule has 110 valence electrons. The van der Waals surface area contributed by atoms with Gasteiger partial charge in [-0.05, 0) is 49.2 Å². The van der Waals surface area contributed by atoms with Crippen molar-refractivity contribution in [3.63, 3.8) is 0 Å². The SMILES string of the molecule is CC.CNC=CSC.CSC.CSC.CSC. The second kappa shape index (κ2) is 68.3. The Bertz CT molecular complexity index is 70.2. The number of nitrogens with one attached hydrogen (secondary N) is 1. The zero-order chi connectivity index (χ0) is 14.9. The van der Waals surface area contributed by atoms with Gasteiger partial charge in [0, 0.05) is 13.2 Å². The van der Waals surface area contributed by atoms with Crippen LogP contribution in [0, 0.1) is 0 Å². The minimum atomic E-state index is 1.68. The molecule has 17 heavy (non-hydrogen) atoms. The van der Waals surface area contributed by atoms with Crippen LogP contribution in [0.3, 0.4) is 0 Å². The van der Waals surface area contributed by atoms with Crippen molar-refractivity contribution in [2.45, 2.75) is 13.8 Å². The molecule has 0 radical (unpaired) electrons. The summed E-state index contributed by atoms with van der Waals surface area (Å²) in [6.45, 7) is 4.00. The van der Waals surface area contributed by atoms with Crippen LogP contribution in [0.15, 0.2) is 11.6 Å². The molecule has 5 heteroatoms. The second-order valence-corrected chi connectivity index (χ2v) is 5.24. The Balaban J connectivity index is -0.0000000380. The summed E-state index contributed by atoms with van der Waals surface area (Å²) in [6, 6.07) is 0. The van der Waals surface area contributed by atoms with Crippen LogP contribution in [-0.2, 0) is 0 Å². The van der Waals surface area contributed by atoms with E-state index in [-0.39, 0.29) is 0 Å². The van der Waals surface area contributed by atoms with Crippen LogP contribution in [0.5, 0.6) is 0 Å². The van der Waals surface area contributed by atoms with Gasteiger partial charge in [-0.3, -0.25) is 0 Å². The van der Waals surface area contributed by atoms with Crippen LogP contribution < -0.4 is 5.32 Å². The van der Waals surface area contributed by atoms with Gasteiger partial charge in [-0.15, -0.1) is 11.8 Å². The van der Waals surface area contributed by atoms with Crippen molar-refractivity contribution in [2.24, 2.45) is 0 Å². The fourth-order valence-corrected chi connectivity index (χ4v) is 0.408. The Hall–Kier alpha value is 0.940. The minimum absolute atomic E-state index is 1.68. The Morgan fingerprint density at radius 1 is 0.706 bits per heavy atom. The quantitative estimate of drug-likeness (QED) is 0.766. The molecular formula is C12H33NS4. The lowest BCUT2D eigenvalue weighted by molar-refractivity contribution is 1.11. The van der Waals surface area contributed by atoms with Crippen molar-refractivity contribution in [3.8, 4) is 0 Å². The van der Waals surface area contributed by atoms with Crippen molar-refractivity contribution >= 4 is 47.0 Å². The Morgan fingerprint density at radius 2 is 0.941 bits per heavy atom. The van der Waals surface area contributed by atoms with E-state index in [9.17, 15) is 0 Å². The van der Waals surface area contributed by atoms with Crippen LogP contribution in [-0.4, -0.2) is 50.8 Å². The first kappa shape index (κ1) is 30.7. The molecule has 0 saturated carbocycles. The summed E-state index contributed by atoms with van der Waals surface area (Å²) >= 11 is 6.93. The normalized spacial score (nSPS) is 6.94. The predicted octanol–water partition coefficient (Wildman–Crippen LogP) is 5.00. The molecule has 0 aromatic heterocycles. The molecule has 0 aromatic carbocycles. The highest BCUT2D eigenvalue weighted by atomic mass is 32.2. The third-order valence-electron chi connectivity index (χ3n) is 0.371. The van der Waals surface area contributed by atoms with Gasteiger partial charge in [-0.1, -0.05) is 13.8 Å². The lowest BCUT2D eigenvalue weighted by Gasteiger charge is -1.78. The molecule has 0 rings (SSSR count). The largest absolute Gasteiger partial charge is 0.394 e. The first-order chi connectivity index (χ1) is 8.16. The van der Waals surface area contributed by atoms with E-state index in [1.165, 1.54) is 0 Å². The molecule has 0 heterocycles. The van der Waals surface area contributed by atoms with Crippen LogP contribution >= 0.6 is 47.0 Å². The second-order valence-electron chi connectivity index (χ2n) is 2.05. The van der Waals surface area contributed by atoms with E-state index in [2.05, 4.69) is 5.32 Å². The zero-order valence-electron chi connectivity index (χ0n) is 13.3. The van der Waals surface area contributed by atoms with Crippen molar-refractivity contribution < 1.29 is 0 Å². The predicted molar refractivity (Wildman–Crippen MR) is 101 cm³/mol. The van der Waals surface area contributed by atoms with E-state index in [4.69, 9.17) is 0 Å². The van der Waals surface area contributed by atoms with Crippen LogP contribution in [0.2, 0.25) is 0 Å². The van der Waals surface area contributed by atoms with Crippen LogP contribution in [0.4, 0.5) is 0 Å². The smallest absolute Gasteiger partial charge is 0.00278 e. The zero-order valence-corrected chi connectivity index (χ0v) is 16.6. The number of thioether (sulfide) groups is 4. The monoisotopic (exact) mass is 319 g/mol. The van der Waals surface area contributed by atoms with Gasteiger partial charge in [-0.2, -0.15) is 35.3 Å². The molecule has 0 saturated heterocycles. The number of rotatable bonds is 2. The van der Waals surface area contributed by atoms with Gasteiger partial charge in [0.15, 0.2) is 0 Å². The molecule has 0 aliphatic heterocycles. The molecule has 0 spiro atoms. The first-order valence-corrected chi connectivity index (χ1v) is 11.4. The van der Waals surface area contributed by atoms with Crippen LogP contribution in [0.1, 0.15) is 13.8 Å². The van der Waals surface area contributed by atoms with Gasteiger partial charge < -0.3 is 5.32 Å². The molecule has 1 N–H and O–H groups in total. The average Bonchev–Trinajstić information content (AvgIpc) is 2.32. The van der Waals surface area contributed by atoms with E-state index in [1.807, 2.05) is 76.3 Å². The summed E-state index contributed by atoms with van der Waals surface area (Å²) in [5.41, 5.74) is 0. The van der Waals surface area contributed by atoms with Gasteiger partial charge in [0.2, 0.25) is 0 Å². The standard InChI is InChI=1S/C4H9NS.3C2H6S.C2H6/c1-5-3-4-6-2;3*1-3-2;1-2/h3-5H,1-2H3;3*1-2H3;1-2H3. The van der Waals surface area contributed by atoms with Crippen molar-refractivity contribution in [2.75, 3.05) is 50.8 Å². The van der Waals surface area contributed by atoms with E-state index < -0.39 is 0 Å². The summed E-state index contributed by atoms with van der Waals surface area (Å²) in [5.74, 6) is 0. The van der Waals surface area contributed by atoms with E-state index in [0.717, 1.165) is 0 Å². The molecule has 0 aliphatic rings. The van der Waals surface area contributed by atoms with Gasteiger partial charge in [0.05, 0.1) is 0 Å². The lowest BCUT2D eigenvalue weighted by Crippen LogP contribution is -1.89. The topological polar surface area (TPSA) is 12.0 Å². The summed E-state index contributed by atoms with van der Waals surface area (Å²) in [7, 11) is 1.88. The van der Waals surface area contributed by atoms with E-state index >= 15 is 0 Å². The highest BCUT2D eigenvalue weighted by Crippen LogP contribution is 1.88. The molecular weight excluding hydrogens is 286 g/mol. The third-order valence-corrected chi connectivity index (χ3v) is 0.779.